The second-order valence-corrected chi connectivity index (χ2v) is 8.42. The molecule has 27 heavy (non-hydrogen) atoms. The lowest BCUT2D eigenvalue weighted by molar-refractivity contribution is 0.223. The third-order valence-corrected chi connectivity index (χ3v) is 6.22. The van der Waals surface area contributed by atoms with Crippen LogP contribution in [0.3, 0.4) is 0 Å². The second-order valence-electron chi connectivity index (χ2n) is 8.42. The van der Waals surface area contributed by atoms with E-state index >= 15 is 0 Å². The molecule has 150 valence electrons. The van der Waals surface area contributed by atoms with Gasteiger partial charge in [0.2, 0.25) is 0 Å². The molecule has 0 radical (unpaired) electrons. The van der Waals surface area contributed by atoms with Crippen LogP contribution in [0.2, 0.25) is 0 Å². The molecule has 0 spiro atoms. The summed E-state index contributed by atoms with van der Waals surface area (Å²) in [5.41, 5.74) is 1.27. The molecule has 1 aromatic rings. The number of unbranched alkanes of at least 4 members (excludes halogenated alkanes) is 4. The monoisotopic (exact) mass is 369 g/mol. The molecular weight excluding hydrogens is 330 g/mol. The summed E-state index contributed by atoms with van der Waals surface area (Å²) < 4.78 is 5.86. The Bertz CT molecular complexity index is 536. The zero-order valence-corrected chi connectivity index (χ0v) is 17.6. The second kappa shape index (κ2) is 12.8. The molecule has 0 aliphatic heterocycles. The van der Waals surface area contributed by atoms with E-state index in [1.165, 1.54) is 69.8 Å². The number of ether oxygens (including phenoxy) is 1. The molecule has 0 aromatic heterocycles. The van der Waals surface area contributed by atoms with Crippen LogP contribution in [0.5, 0.6) is 5.75 Å². The molecule has 0 saturated heterocycles. The van der Waals surface area contributed by atoms with Gasteiger partial charge in [-0.25, -0.2) is 0 Å². The zero-order chi connectivity index (χ0) is 19.3. The quantitative estimate of drug-likeness (QED) is 0.361. The topological polar surface area (TPSA) is 33.0 Å². The largest absolute Gasteiger partial charge is 0.494 e. The third-order valence-electron chi connectivity index (χ3n) is 6.22. The van der Waals surface area contributed by atoms with Gasteiger partial charge in [-0.2, -0.15) is 5.26 Å². The molecule has 0 bridgehead atoms. The summed E-state index contributed by atoms with van der Waals surface area (Å²) in [5, 5.41) is 9.69. The number of hydrogen-bond acceptors (Lipinski definition) is 2. The molecule has 2 heteroatoms. The van der Waals surface area contributed by atoms with Gasteiger partial charge in [0.25, 0.3) is 0 Å². The summed E-state index contributed by atoms with van der Waals surface area (Å²) in [4.78, 5) is 0. The molecule has 0 N–H and O–H groups in total. The van der Waals surface area contributed by atoms with Crippen molar-refractivity contribution in [2.45, 2.75) is 90.9 Å². The Morgan fingerprint density at radius 2 is 1.67 bits per heavy atom. The highest BCUT2D eigenvalue weighted by Crippen LogP contribution is 2.36. The van der Waals surface area contributed by atoms with E-state index in [9.17, 15) is 5.26 Å². The van der Waals surface area contributed by atoms with Gasteiger partial charge in [-0.3, -0.25) is 0 Å². The van der Waals surface area contributed by atoms with Crippen LogP contribution < -0.4 is 4.74 Å². The highest BCUT2D eigenvalue weighted by molar-refractivity contribution is 5.28. The number of benzene rings is 1. The summed E-state index contributed by atoms with van der Waals surface area (Å²) in [7, 11) is 0. The highest BCUT2D eigenvalue weighted by Gasteiger charge is 2.27. The summed E-state index contributed by atoms with van der Waals surface area (Å²) in [6.45, 7) is 5.33. The van der Waals surface area contributed by atoms with E-state index < -0.39 is 0 Å². The van der Waals surface area contributed by atoms with E-state index in [2.05, 4.69) is 44.2 Å². The fourth-order valence-electron chi connectivity index (χ4n) is 4.48. The SMILES string of the molecule is CCCCCCCOc1ccc(CC(C#N)[C@H]2CC[C@H](CCC)CC2)cc1. The van der Waals surface area contributed by atoms with Gasteiger partial charge in [0.1, 0.15) is 5.75 Å². The van der Waals surface area contributed by atoms with Crippen molar-refractivity contribution < 1.29 is 4.74 Å². The normalized spacial score (nSPS) is 20.8. The van der Waals surface area contributed by atoms with Gasteiger partial charge in [-0.15, -0.1) is 0 Å². The lowest BCUT2D eigenvalue weighted by atomic mass is 9.73. The van der Waals surface area contributed by atoms with E-state index in [0.717, 1.165) is 31.1 Å². The average Bonchev–Trinajstić information content (AvgIpc) is 2.71. The minimum atomic E-state index is 0.165. The maximum absolute atomic E-state index is 9.69. The Labute approximate surface area is 167 Å². The minimum absolute atomic E-state index is 0.165. The molecule has 1 atom stereocenters. The van der Waals surface area contributed by atoms with E-state index in [-0.39, 0.29) is 5.92 Å². The Kier molecular flexibility index (Phi) is 10.4. The van der Waals surface area contributed by atoms with Crippen molar-refractivity contribution in [3.8, 4) is 11.8 Å². The van der Waals surface area contributed by atoms with Crippen molar-refractivity contribution in [2.24, 2.45) is 17.8 Å². The van der Waals surface area contributed by atoms with Gasteiger partial charge in [-0.1, -0.05) is 77.3 Å². The van der Waals surface area contributed by atoms with Gasteiger partial charge in [-0.05, 0) is 55.2 Å². The summed E-state index contributed by atoms with van der Waals surface area (Å²) in [6.07, 6.45) is 15.0. The van der Waals surface area contributed by atoms with Crippen molar-refractivity contribution in [3.63, 3.8) is 0 Å². The van der Waals surface area contributed by atoms with Crippen LogP contribution in [0.4, 0.5) is 0 Å². The number of nitriles is 1. The van der Waals surface area contributed by atoms with Crippen LogP contribution in [-0.4, -0.2) is 6.61 Å². The smallest absolute Gasteiger partial charge is 0.119 e. The molecule has 1 aromatic carbocycles. The van der Waals surface area contributed by atoms with E-state index in [1.807, 2.05) is 0 Å². The molecule has 1 fully saturated rings. The number of nitrogens with zero attached hydrogens (tertiary/aromatic N) is 1. The number of rotatable bonds is 12. The van der Waals surface area contributed by atoms with Crippen molar-refractivity contribution in [2.75, 3.05) is 6.61 Å². The van der Waals surface area contributed by atoms with Crippen molar-refractivity contribution >= 4 is 0 Å². The molecule has 2 rings (SSSR count). The molecule has 0 heterocycles. The first-order chi connectivity index (χ1) is 13.3. The van der Waals surface area contributed by atoms with Crippen LogP contribution in [0, 0.1) is 29.1 Å². The molecule has 2 nitrogen and oxygen atoms in total. The Morgan fingerprint density at radius 3 is 2.30 bits per heavy atom. The van der Waals surface area contributed by atoms with Gasteiger partial charge < -0.3 is 4.74 Å². The molecule has 1 saturated carbocycles. The first kappa shape index (κ1) is 21.8. The molecule has 0 amide bonds. The van der Waals surface area contributed by atoms with Crippen LogP contribution in [0.25, 0.3) is 0 Å². The Morgan fingerprint density at radius 1 is 0.963 bits per heavy atom. The standard InChI is InChI=1S/C25H39NO/c1-3-5-6-7-8-18-27-25-16-12-22(13-17-25)19-24(20-26)23-14-10-21(9-4-2)11-15-23/h12-13,16-17,21,23-24H,3-11,14-15,18-19H2,1-2H3/t21-,23-,24?. The van der Waals surface area contributed by atoms with Gasteiger partial charge >= 0.3 is 0 Å². The van der Waals surface area contributed by atoms with Crippen molar-refractivity contribution in [1.82, 2.24) is 0 Å². The Hall–Kier alpha value is -1.49. The first-order valence-electron chi connectivity index (χ1n) is 11.4. The van der Waals surface area contributed by atoms with Gasteiger partial charge in [0, 0.05) is 0 Å². The van der Waals surface area contributed by atoms with Crippen LogP contribution in [-0.2, 0) is 6.42 Å². The first-order valence-corrected chi connectivity index (χ1v) is 11.4. The van der Waals surface area contributed by atoms with Gasteiger partial charge in [0.15, 0.2) is 0 Å². The molecule has 1 aliphatic rings. The summed E-state index contributed by atoms with van der Waals surface area (Å²) >= 11 is 0. The van der Waals surface area contributed by atoms with Gasteiger partial charge in [0.05, 0.1) is 18.6 Å². The highest BCUT2D eigenvalue weighted by atomic mass is 16.5. The van der Waals surface area contributed by atoms with Crippen LogP contribution in [0.1, 0.15) is 90.0 Å². The molecular formula is C25H39NO. The van der Waals surface area contributed by atoms with Crippen molar-refractivity contribution in [1.29, 1.82) is 5.26 Å². The Balaban J connectivity index is 1.73. The lowest BCUT2D eigenvalue weighted by Gasteiger charge is -2.31. The van der Waals surface area contributed by atoms with E-state index in [1.54, 1.807) is 0 Å². The predicted molar refractivity (Wildman–Crippen MR) is 114 cm³/mol. The average molecular weight is 370 g/mol. The summed E-state index contributed by atoms with van der Waals surface area (Å²) in [5.74, 6) is 2.62. The predicted octanol–water partition coefficient (Wildman–Crippen LogP) is 7.32. The van der Waals surface area contributed by atoms with Crippen molar-refractivity contribution in [3.05, 3.63) is 29.8 Å². The molecule has 1 aliphatic carbocycles. The maximum Gasteiger partial charge on any atom is 0.119 e. The number of hydrogen-bond donors (Lipinski definition) is 0. The van der Waals surface area contributed by atoms with Crippen LogP contribution >= 0.6 is 0 Å². The lowest BCUT2D eigenvalue weighted by Crippen LogP contribution is -2.22. The maximum atomic E-state index is 9.69. The van der Waals surface area contributed by atoms with E-state index in [4.69, 9.17) is 4.74 Å². The molecule has 1 unspecified atom stereocenters. The third kappa shape index (κ3) is 7.96. The summed E-state index contributed by atoms with van der Waals surface area (Å²) in [6, 6.07) is 11.1. The fourth-order valence-corrected chi connectivity index (χ4v) is 4.48. The zero-order valence-electron chi connectivity index (χ0n) is 17.6. The van der Waals surface area contributed by atoms with Crippen LogP contribution in [0.15, 0.2) is 24.3 Å². The fraction of sp³-hybridized carbons (Fsp3) is 0.720. The van der Waals surface area contributed by atoms with E-state index in [0.29, 0.717) is 5.92 Å². The minimum Gasteiger partial charge on any atom is -0.494 e.